The Kier molecular flexibility index (Phi) is 6.27. The van der Waals surface area contributed by atoms with Crippen LogP contribution in [0.1, 0.15) is 53.4 Å². The number of primary amides is 1. The summed E-state index contributed by atoms with van der Waals surface area (Å²) in [4.78, 5) is 11.3. The minimum Gasteiger partial charge on any atom is -0.376 e. The van der Waals surface area contributed by atoms with E-state index in [0.717, 1.165) is 25.8 Å². The summed E-state index contributed by atoms with van der Waals surface area (Å²) in [7, 11) is 0. The predicted octanol–water partition coefficient (Wildman–Crippen LogP) is 2.07. The van der Waals surface area contributed by atoms with Crippen LogP contribution >= 0.6 is 0 Å². The van der Waals surface area contributed by atoms with Gasteiger partial charge in [0, 0.05) is 0 Å². The van der Waals surface area contributed by atoms with Gasteiger partial charge in [0.1, 0.15) is 6.04 Å². The fourth-order valence-electron chi connectivity index (χ4n) is 3.18. The Balaban J connectivity index is 2.42. The van der Waals surface area contributed by atoms with Gasteiger partial charge in [-0.15, -0.1) is 0 Å². The molecule has 4 nitrogen and oxygen atoms in total. The number of ether oxygens (including phenoxy) is 1. The van der Waals surface area contributed by atoms with E-state index in [2.05, 4.69) is 33.0 Å². The third-order valence-electron chi connectivity index (χ3n) is 3.83. The maximum Gasteiger partial charge on any atom is 0.236 e. The Morgan fingerprint density at radius 1 is 1.47 bits per heavy atom. The molecule has 1 aliphatic carbocycles. The van der Waals surface area contributed by atoms with Crippen molar-refractivity contribution in [2.45, 2.75) is 65.5 Å². The Bertz CT molecular complexity index is 292. The van der Waals surface area contributed by atoms with Crippen molar-refractivity contribution in [3.05, 3.63) is 0 Å². The molecule has 0 aromatic heterocycles. The molecule has 1 saturated carbocycles. The van der Waals surface area contributed by atoms with Gasteiger partial charge >= 0.3 is 0 Å². The first-order valence-corrected chi connectivity index (χ1v) is 7.48. The van der Waals surface area contributed by atoms with E-state index in [1.807, 2.05) is 0 Å². The molecule has 1 amide bonds. The molecule has 0 radical (unpaired) electrons. The van der Waals surface area contributed by atoms with Crippen molar-refractivity contribution in [3.63, 3.8) is 0 Å². The second kappa shape index (κ2) is 7.25. The smallest absolute Gasteiger partial charge is 0.236 e. The number of hydrogen-bond donors (Lipinski definition) is 2. The van der Waals surface area contributed by atoms with Gasteiger partial charge in [0.2, 0.25) is 5.91 Å². The SMILES string of the molecule is CCCNC(COC1CC(C)CC(C)(C)C1)C(N)=O. The lowest BCUT2D eigenvalue weighted by Gasteiger charge is -2.39. The lowest BCUT2D eigenvalue weighted by molar-refractivity contribution is -0.123. The molecular formula is C15H30N2O2. The summed E-state index contributed by atoms with van der Waals surface area (Å²) in [6.07, 6.45) is 4.64. The molecule has 1 aliphatic rings. The van der Waals surface area contributed by atoms with Gasteiger partial charge in [-0.3, -0.25) is 4.79 Å². The van der Waals surface area contributed by atoms with Crippen LogP contribution in [0.2, 0.25) is 0 Å². The second-order valence-electron chi connectivity index (χ2n) is 6.78. The minimum atomic E-state index is -0.361. The van der Waals surface area contributed by atoms with Crippen LogP contribution in [0.4, 0.5) is 0 Å². The third kappa shape index (κ3) is 5.91. The number of carbonyl (C=O) groups excluding carboxylic acids is 1. The van der Waals surface area contributed by atoms with Crippen LogP contribution in [0.3, 0.4) is 0 Å². The van der Waals surface area contributed by atoms with Crippen LogP contribution in [0.5, 0.6) is 0 Å². The summed E-state index contributed by atoms with van der Waals surface area (Å²) >= 11 is 0. The van der Waals surface area contributed by atoms with Crippen LogP contribution < -0.4 is 11.1 Å². The monoisotopic (exact) mass is 270 g/mol. The first-order valence-electron chi connectivity index (χ1n) is 7.48. The van der Waals surface area contributed by atoms with Gasteiger partial charge in [0.25, 0.3) is 0 Å². The van der Waals surface area contributed by atoms with Crippen molar-refractivity contribution < 1.29 is 9.53 Å². The van der Waals surface area contributed by atoms with Crippen molar-refractivity contribution in [3.8, 4) is 0 Å². The molecule has 112 valence electrons. The summed E-state index contributed by atoms with van der Waals surface area (Å²) in [6.45, 7) is 10.1. The van der Waals surface area contributed by atoms with E-state index in [4.69, 9.17) is 10.5 Å². The topological polar surface area (TPSA) is 64.3 Å². The Labute approximate surface area is 117 Å². The molecule has 3 N–H and O–H groups in total. The molecule has 19 heavy (non-hydrogen) atoms. The fourth-order valence-corrected chi connectivity index (χ4v) is 3.18. The molecule has 0 heterocycles. The van der Waals surface area contributed by atoms with E-state index in [9.17, 15) is 4.79 Å². The summed E-state index contributed by atoms with van der Waals surface area (Å²) < 4.78 is 5.95. The van der Waals surface area contributed by atoms with E-state index >= 15 is 0 Å². The molecule has 0 bridgehead atoms. The highest BCUT2D eigenvalue weighted by atomic mass is 16.5. The first-order chi connectivity index (χ1) is 8.84. The summed E-state index contributed by atoms with van der Waals surface area (Å²) in [6, 6.07) is -0.361. The Morgan fingerprint density at radius 3 is 2.68 bits per heavy atom. The van der Waals surface area contributed by atoms with Crippen molar-refractivity contribution in [1.29, 1.82) is 0 Å². The highest BCUT2D eigenvalue weighted by molar-refractivity contribution is 5.79. The molecule has 0 aromatic carbocycles. The van der Waals surface area contributed by atoms with Crippen molar-refractivity contribution in [2.75, 3.05) is 13.2 Å². The quantitative estimate of drug-likeness (QED) is 0.744. The highest BCUT2D eigenvalue weighted by Crippen LogP contribution is 2.39. The lowest BCUT2D eigenvalue weighted by Crippen LogP contribution is -2.46. The first kappa shape index (κ1) is 16.4. The lowest BCUT2D eigenvalue weighted by atomic mass is 9.71. The van der Waals surface area contributed by atoms with Crippen molar-refractivity contribution in [1.82, 2.24) is 5.32 Å². The van der Waals surface area contributed by atoms with E-state index < -0.39 is 0 Å². The molecule has 1 rings (SSSR count). The van der Waals surface area contributed by atoms with Gasteiger partial charge in [-0.25, -0.2) is 0 Å². The molecule has 0 aliphatic heterocycles. The van der Waals surface area contributed by atoms with Gasteiger partial charge in [-0.1, -0.05) is 27.7 Å². The van der Waals surface area contributed by atoms with Crippen molar-refractivity contribution in [2.24, 2.45) is 17.1 Å². The molecule has 0 aromatic rings. The summed E-state index contributed by atoms with van der Waals surface area (Å²) in [5.74, 6) is 0.362. The number of nitrogens with two attached hydrogens (primary N) is 1. The number of amides is 1. The third-order valence-corrected chi connectivity index (χ3v) is 3.83. The number of nitrogens with one attached hydrogen (secondary N) is 1. The minimum absolute atomic E-state index is 0.254. The molecular weight excluding hydrogens is 240 g/mol. The largest absolute Gasteiger partial charge is 0.376 e. The molecule has 0 saturated heterocycles. The number of hydrogen-bond acceptors (Lipinski definition) is 3. The van der Waals surface area contributed by atoms with Gasteiger partial charge in [-0.2, -0.15) is 0 Å². The highest BCUT2D eigenvalue weighted by Gasteiger charge is 2.33. The number of carbonyl (C=O) groups is 1. The molecule has 4 heteroatoms. The second-order valence-corrected chi connectivity index (χ2v) is 6.78. The summed E-state index contributed by atoms with van der Waals surface area (Å²) in [5.41, 5.74) is 5.73. The zero-order chi connectivity index (χ0) is 14.5. The summed E-state index contributed by atoms with van der Waals surface area (Å²) in [5, 5.41) is 3.14. The zero-order valence-electron chi connectivity index (χ0n) is 12.9. The van der Waals surface area contributed by atoms with Gasteiger partial charge in [0.15, 0.2) is 0 Å². The number of rotatable bonds is 7. The van der Waals surface area contributed by atoms with Crippen LogP contribution in [0.15, 0.2) is 0 Å². The van der Waals surface area contributed by atoms with Crippen LogP contribution in [0.25, 0.3) is 0 Å². The standard InChI is InChI=1S/C15H30N2O2/c1-5-6-17-13(14(16)18)10-19-12-7-11(2)8-15(3,4)9-12/h11-13,17H,5-10H2,1-4H3,(H2,16,18). The van der Waals surface area contributed by atoms with E-state index in [1.54, 1.807) is 0 Å². The van der Waals surface area contributed by atoms with Gasteiger partial charge < -0.3 is 15.8 Å². The normalized spacial score (nSPS) is 28.0. The fraction of sp³-hybridized carbons (Fsp3) is 0.933. The zero-order valence-corrected chi connectivity index (χ0v) is 12.9. The van der Waals surface area contributed by atoms with Crippen LogP contribution in [-0.4, -0.2) is 31.2 Å². The van der Waals surface area contributed by atoms with E-state index in [1.165, 1.54) is 6.42 Å². The maximum atomic E-state index is 11.3. The van der Waals surface area contributed by atoms with Gasteiger partial charge in [-0.05, 0) is 43.6 Å². The maximum absolute atomic E-state index is 11.3. The van der Waals surface area contributed by atoms with Crippen LogP contribution in [-0.2, 0) is 9.53 Å². The van der Waals surface area contributed by atoms with Crippen molar-refractivity contribution >= 4 is 5.91 Å². The van der Waals surface area contributed by atoms with E-state index in [-0.39, 0.29) is 18.1 Å². The van der Waals surface area contributed by atoms with E-state index in [0.29, 0.717) is 17.9 Å². The molecule has 1 fully saturated rings. The Morgan fingerprint density at radius 2 is 2.16 bits per heavy atom. The van der Waals surface area contributed by atoms with Crippen LogP contribution in [0, 0.1) is 11.3 Å². The predicted molar refractivity (Wildman–Crippen MR) is 77.8 cm³/mol. The molecule has 3 atom stereocenters. The van der Waals surface area contributed by atoms with Gasteiger partial charge in [0.05, 0.1) is 12.7 Å². The average Bonchev–Trinajstić information content (AvgIpc) is 2.25. The molecule has 3 unspecified atom stereocenters. The Hall–Kier alpha value is -0.610. The average molecular weight is 270 g/mol. The molecule has 0 spiro atoms.